The number of hydrogen-bond donors (Lipinski definition) is 0. The fourth-order valence-electron chi connectivity index (χ4n) is 5.20. The zero-order chi connectivity index (χ0) is 26.7. The van der Waals surface area contributed by atoms with Crippen LogP contribution in [0.3, 0.4) is 0 Å². The minimum atomic E-state index is -0.241. The molecule has 0 bridgehead atoms. The molecule has 2 aromatic rings. The lowest BCUT2D eigenvalue weighted by molar-refractivity contribution is -0.142. The Labute approximate surface area is 237 Å². The smallest absolute Gasteiger partial charge is 0.227 e. The summed E-state index contributed by atoms with van der Waals surface area (Å²) < 4.78 is 0. The van der Waals surface area contributed by atoms with E-state index in [-0.39, 0.29) is 42.5 Å². The van der Waals surface area contributed by atoms with E-state index < -0.39 is 0 Å². The minimum Gasteiger partial charge on any atom is -0.339 e. The molecule has 2 amide bonds. The molecule has 4 rings (SSSR count). The first kappa shape index (κ1) is 28.2. The van der Waals surface area contributed by atoms with Gasteiger partial charge in [-0.05, 0) is 54.8 Å². The molecule has 2 unspecified atom stereocenters. The number of halogens is 4. The molecule has 2 saturated heterocycles. The molecular formula is C27H29Cl4N3O3. The van der Waals surface area contributed by atoms with Crippen molar-refractivity contribution in [3.8, 4) is 0 Å². The molecule has 0 N–H and O–H groups in total. The number of amides is 2. The van der Waals surface area contributed by atoms with Gasteiger partial charge in [0.15, 0.2) is 5.78 Å². The van der Waals surface area contributed by atoms with Gasteiger partial charge in [-0.25, -0.2) is 0 Å². The van der Waals surface area contributed by atoms with Crippen molar-refractivity contribution in [3.05, 3.63) is 67.6 Å². The van der Waals surface area contributed by atoms with Crippen molar-refractivity contribution in [1.29, 1.82) is 0 Å². The van der Waals surface area contributed by atoms with E-state index in [4.69, 9.17) is 46.4 Å². The van der Waals surface area contributed by atoms with Crippen LogP contribution >= 0.6 is 46.4 Å². The van der Waals surface area contributed by atoms with Crippen LogP contribution in [0.25, 0.3) is 0 Å². The second-order valence-electron chi connectivity index (χ2n) is 9.68. The molecule has 2 aliphatic rings. The summed E-state index contributed by atoms with van der Waals surface area (Å²) in [6.45, 7) is 4.20. The fourth-order valence-corrected chi connectivity index (χ4v) is 5.84. The van der Waals surface area contributed by atoms with Gasteiger partial charge in [0, 0.05) is 39.5 Å². The Balaban J connectivity index is 1.47. The predicted molar refractivity (Wildman–Crippen MR) is 148 cm³/mol. The number of carbonyl (C=O) groups is 3. The lowest BCUT2D eigenvalue weighted by Crippen LogP contribution is -2.60. The second-order valence-corrected chi connectivity index (χ2v) is 11.3. The normalized spacial score (nSPS) is 20.4. The first-order chi connectivity index (χ1) is 17.6. The van der Waals surface area contributed by atoms with Crippen LogP contribution in [-0.4, -0.2) is 77.1 Å². The molecule has 0 saturated carbocycles. The largest absolute Gasteiger partial charge is 0.339 e. The van der Waals surface area contributed by atoms with Gasteiger partial charge in [-0.3, -0.25) is 19.3 Å². The summed E-state index contributed by atoms with van der Waals surface area (Å²) >= 11 is 24.3. The number of Topliss-reactive ketones (excluding diaryl/α,β-unsaturated/α-hetero) is 1. The maximum Gasteiger partial charge on any atom is 0.227 e. The van der Waals surface area contributed by atoms with Crippen LogP contribution < -0.4 is 0 Å². The molecule has 198 valence electrons. The van der Waals surface area contributed by atoms with E-state index in [0.29, 0.717) is 46.3 Å². The number of nitrogens with zero attached hydrogens (tertiary/aromatic N) is 3. The first-order valence-electron chi connectivity index (χ1n) is 12.3. The Morgan fingerprint density at radius 1 is 0.838 bits per heavy atom. The number of rotatable bonds is 7. The second kappa shape index (κ2) is 12.4. The van der Waals surface area contributed by atoms with E-state index in [1.165, 1.54) is 0 Å². The van der Waals surface area contributed by atoms with Crippen molar-refractivity contribution in [3.63, 3.8) is 0 Å². The molecule has 2 atom stereocenters. The highest BCUT2D eigenvalue weighted by atomic mass is 35.5. The third kappa shape index (κ3) is 6.98. The zero-order valence-electron chi connectivity index (χ0n) is 20.6. The van der Waals surface area contributed by atoms with Crippen molar-refractivity contribution < 1.29 is 14.4 Å². The van der Waals surface area contributed by atoms with Crippen LogP contribution in [0.4, 0.5) is 0 Å². The first-order valence-corrected chi connectivity index (χ1v) is 13.8. The number of piperazine rings is 1. The Bertz CT molecular complexity index is 1190. The SMILES string of the molecule is CC(=O)N1CCN(C(=O)Cc2ccc(Cl)c(Cl)c2)C(CN2CCCC2C(=O)Cc2ccc(Cl)c(Cl)c2)C1. The maximum atomic E-state index is 13.4. The van der Waals surface area contributed by atoms with Gasteiger partial charge in [0.25, 0.3) is 0 Å². The van der Waals surface area contributed by atoms with Gasteiger partial charge < -0.3 is 9.80 Å². The van der Waals surface area contributed by atoms with Crippen LogP contribution in [0.15, 0.2) is 36.4 Å². The molecule has 0 spiro atoms. The summed E-state index contributed by atoms with van der Waals surface area (Å²) in [5.41, 5.74) is 1.60. The molecule has 37 heavy (non-hydrogen) atoms. The summed E-state index contributed by atoms with van der Waals surface area (Å²) in [6, 6.07) is 9.99. The van der Waals surface area contributed by atoms with Crippen LogP contribution in [0.5, 0.6) is 0 Å². The van der Waals surface area contributed by atoms with E-state index in [9.17, 15) is 14.4 Å². The van der Waals surface area contributed by atoms with Crippen molar-refractivity contribution in [1.82, 2.24) is 14.7 Å². The van der Waals surface area contributed by atoms with Gasteiger partial charge in [0.2, 0.25) is 11.8 Å². The summed E-state index contributed by atoms with van der Waals surface area (Å²) in [4.78, 5) is 44.6. The van der Waals surface area contributed by atoms with Crippen molar-refractivity contribution in [2.75, 3.05) is 32.7 Å². The van der Waals surface area contributed by atoms with Crippen molar-refractivity contribution >= 4 is 64.0 Å². The highest BCUT2D eigenvalue weighted by Gasteiger charge is 2.37. The molecule has 2 fully saturated rings. The van der Waals surface area contributed by atoms with Crippen LogP contribution in [0, 0.1) is 0 Å². The number of carbonyl (C=O) groups excluding carboxylic acids is 3. The van der Waals surface area contributed by atoms with Gasteiger partial charge in [-0.2, -0.15) is 0 Å². The van der Waals surface area contributed by atoms with Crippen LogP contribution in [0.2, 0.25) is 20.1 Å². The maximum absolute atomic E-state index is 13.4. The van der Waals surface area contributed by atoms with Crippen LogP contribution in [0.1, 0.15) is 30.9 Å². The van der Waals surface area contributed by atoms with Crippen LogP contribution in [-0.2, 0) is 27.2 Å². The average molecular weight is 585 g/mol. The van der Waals surface area contributed by atoms with Gasteiger partial charge >= 0.3 is 0 Å². The van der Waals surface area contributed by atoms with E-state index in [0.717, 1.165) is 30.5 Å². The quantitative estimate of drug-likeness (QED) is 0.450. The lowest BCUT2D eigenvalue weighted by Gasteiger charge is -2.43. The molecule has 2 heterocycles. The zero-order valence-corrected chi connectivity index (χ0v) is 23.6. The summed E-state index contributed by atoms with van der Waals surface area (Å²) in [6.07, 6.45) is 2.12. The highest BCUT2D eigenvalue weighted by molar-refractivity contribution is 6.42. The lowest BCUT2D eigenvalue weighted by atomic mass is 10.0. The number of benzene rings is 2. The topological polar surface area (TPSA) is 60.9 Å². The standard InChI is InChI=1S/C27H29Cl4N3O3/c1-17(35)32-9-10-34(27(37)14-19-5-7-22(29)24(31)12-19)20(15-32)16-33-8-2-3-25(33)26(36)13-18-4-6-21(28)23(30)11-18/h4-7,11-12,20,25H,2-3,8-10,13-16H2,1H3. The fraction of sp³-hybridized carbons (Fsp3) is 0.444. The highest BCUT2D eigenvalue weighted by Crippen LogP contribution is 2.27. The predicted octanol–water partition coefficient (Wildman–Crippen LogP) is 5.18. The summed E-state index contributed by atoms with van der Waals surface area (Å²) in [5, 5.41) is 1.73. The summed E-state index contributed by atoms with van der Waals surface area (Å²) in [7, 11) is 0. The third-order valence-electron chi connectivity index (χ3n) is 7.13. The van der Waals surface area contributed by atoms with E-state index in [1.54, 1.807) is 42.2 Å². The molecule has 10 heteroatoms. The average Bonchev–Trinajstić information content (AvgIpc) is 3.32. The molecular weight excluding hydrogens is 556 g/mol. The van der Waals surface area contributed by atoms with E-state index in [2.05, 4.69) is 4.90 Å². The Morgan fingerprint density at radius 2 is 1.46 bits per heavy atom. The molecule has 2 aromatic carbocycles. The van der Waals surface area contributed by atoms with E-state index in [1.807, 2.05) is 11.0 Å². The Hall–Kier alpha value is -1.83. The van der Waals surface area contributed by atoms with Crippen molar-refractivity contribution in [2.45, 2.75) is 44.7 Å². The Kier molecular flexibility index (Phi) is 9.41. The number of ketones is 1. The van der Waals surface area contributed by atoms with Gasteiger partial charge in [-0.1, -0.05) is 58.5 Å². The number of hydrogen-bond acceptors (Lipinski definition) is 4. The van der Waals surface area contributed by atoms with Crippen molar-refractivity contribution in [2.24, 2.45) is 0 Å². The third-order valence-corrected chi connectivity index (χ3v) is 8.61. The number of likely N-dealkylation sites (tertiary alicyclic amines) is 1. The van der Waals surface area contributed by atoms with Gasteiger partial charge in [0.1, 0.15) is 0 Å². The molecule has 0 aliphatic carbocycles. The van der Waals surface area contributed by atoms with Gasteiger partial charge in [0.05, 0.1) is 38.6 Å². The monoisotopic (exact) mass is 583 g/mol. The summed E-state index contributed by atoms with van der Waals surface area (Å²) in [5.74, 6) is 0.0588. The van der Waals surface area contributed by atoms with E-state index >= 15 is 0 Å². The molecule has 6 nitrogen and oxygen atoms in total. The molecule has 2 aliphatic heterocycles. The van der Waals surface area contributed by atoms with Gasteiger partial charge in [-0.15, -0.1) is 0 Å². The Morgan fingerprint density at radius 3 is 2.05 bits per heavy atom. The molecule has 0 aromatic heterocycles. The minimum absolute atomic E-state index is 0.0183. The molecule has 0 radical (unpaired) electrons.